The molecule has 0 bridgehead atoms. The Balaban J connectivity index is 1.73. The van der Waals surface area contributed by atoms with Crippen molar-refractivity contribution in [2.45, 2.75) is 26.1 Å². The molecule has 5 nitrogen and oxygen atoms in total. The van der Waals surface area contributed by atoms with Gasteiger partial charge in [-0.2, -0.15) is 5.06 Å². The molecule has 1 fully saturated rings. The van der Waals surface area contributed by atoms with Gasteiger partial charge in [0.15, 0.2) is 0 Å². The zero-order chi connectivity index (χ0) is 20.6. The van der Waals surface area contributed by atoms with Crippen LogP contribution >= 0.6 is 0 Å². The summed E-state index contributed by atoms with van der Waals surface area (Å²) in [6.45, 7) is 5.58. The third kappa shape index (κ3) is 6.51. The molecule has 6 heteroatoms. The van der Waals surface area contributed by atoms with Crippen molar-refractivity contribution >= 4 is 0 Å². The summed E-state index contributed by atoms with van der Waals surface area (Å²) in [4.78, 5) is 10.0. The molecule has 1 saturated heterocycles. The lowest BCUT2D eigenvalue weighted by Gasteiger charge is -2.25. The molecule has 0 atom stereocenters. The van der Waals surface area contributed by atoms with Crippen molar-refractivity contribution in [3.63, 3.8) is 0 Å². The van der Waals surface area contributed by atoms with Gasteiger partial charge in [0.25, 0.3) is 0 Å². The van der Waals surface area contributed by atoms with Crippen LogP contribution in [0.4, 0.5) is 4.39 Å². The van der Waals surface area contributed by atoms with Gasteiger partial charge in [-0.1, -0.05) is 30.3 Å². The highest BCUT2D eigenvalue weighted by atomic mass is 19.1. The van der Waals surface area contributed by atoms with Crippen LogP contribution in [0.5, 0.6) is 5.75 Å². The van der Waals surface area contributed by atoms with Crippen molar-refractivity contribution in [3.05, 3.63) is 65.0 Å². The summed E-state index contributed by atoms with van der Waals surface area (Å²) in [6.07, 6.45) is 1.09. The molecule has 158 valence electrons. The monoisotopic (exact) mass is 401 g/mol. The molecule has 1 heterocycles. The minimum atomic E-state index is -0.223. The molecule has 3 rings (SSSR count). The van der Waals surface area contributed by atoms with Crippen LogP contribution < -0.4 is 4.74 Å². The molecular weight excluding hydrogens is 369 g/mol. The fourth-order valence-corrected chi connectivity index (χ4v) is 3.57. The first-order chi connectivity index (χ1) is 14.0. The molecule has 0 aromatic heterocycles. The maximum absolute atomic E-state index is 14.5. The Morgan fingerprint density at radius 1 is 1.07 bits per heavy atom. The molecule has 1 aliphatic heterocycles. The summed E-state index contributed by atoms with van der Waals surface area (Å²) < 4.78 is 19.9. The maximum Gasteiger partial charge on any atom is 0.131 e. The van der Waals surface area contributed by atoms with Crippen LogP contribution in [-0.2, 0) is 24.5 Å². The van der Waals surface area contributed by atoms with Crippen LogP contribution in [0.15, 0.2) is 42.5 Å². The number of halogens is 1. The van der Waals surface area contributed by atoms with Crippen molar-refractivity contribution in [2.24, 2.45) is 0 Å². The zero-order valence-corrected chi connectivity index (χ0v) is 17.7. The predicted octanol–water partition coefficient (Wildman–Crippen LogP) is 3.54. The molecule has 2 aromatic rings. The largest absolute Gasteiger partial charge is 0.496 e. The molecule has 29 heavy (non-hydrogen) atoms. The fourth-order valence-electron chi connectivity index (χ4n) is 3.57. The quantitative estimate of drug-likeness (QED) is 0.607. The Kier molecular flexibility index (Phi) is 8.00. The van der Waals surface area contributed by atoms with Crippen LogP contribution in [0.2, 0.25) is 0 Å². The van der Waals surface area contributed by atoms with Gasteiger partial charge in [0.05, 0.1) is 13.7 Å². The fraction of sp³-hybridized carbons (Fsp3) is 0.478. The summed E-state index contributed by atoms with van der Waals surface area (Å²) in [5, 5.41) is 2.02. The van der Waals surface area contributed by atoms with Crippen molar-refractivity contribution in [3.8, 4) is 5.75 Å². The third-order valence-corrected chi connectivity index (χ3v) is 5.12. The van der Waals surface area contributed by atoms with Crippen molar-refractivity contribution in [1.29, 1.82) is 0 Å². The van der Waals surface area contributed by atoms with E-state index in [2.05, 4.69) is 48.2 Å². The zero-order valence-electron chi connectivity index (χ0n) is 17.7. The highest BCUT2D eigenvalue weighted by molar-refractivity contribution is 5.34. The Labute approximate surface area is 173 Å². The predicted molar refractivity (Wildman–Crippen MR) is 113 cm³/mol. The minimum Gasteiger partial charge on any atom is -0.496 e. The van der Waals surface area contributed by atoms with Gasteiger partial charge in [-0.25, -0.2) is 4.39 Å². The van der Waals surface area contributed by atoms with E-state index in [-0.39, 0.29) is 5.82 Å². The van der Waals surface area contributed by atoms with Gasteiger partial charge >= 0.3 is 0 Å². The van der Waals surface area contributed by atoms with Gasteiger partial charge in [-0.05, 0) is 43.8 Å². The van der Waals surface area contributed by atoms with Crippen LogP contribution in [0.25, 0.3) is 0 Å². The Hall–Kier alpha value is -1.99. The highest BCUT2D eigenvalue weighted by Crippen LogP contribution is 2.24. The van der Waals surface area contributed by atoms with E-state index in [0.29, 0.717) is 17.9 Å². The van der Waals surface area contributed by atoms with Crippen molar-refractivity contribution in [1.82, 2.24) is 14.9 Å². The van der Waals surface area contributed by atoms with E-state index in [9.17, 15) is 4.39 Å². The van der Waals surface area contributed by atoms with Crippen LogP contribution in [0.3, 0.4) is 0 Å². The van der Waals surface area contributed by atoms with Crippen LogP contribution in [-0.4, -0.2) is 62.3 Å². The topological polar surface area (TPSA) is 28.2 Å². The SMILES string of the molecule is COc1cccc(F)c1CN(CCN(C)C)Cc1cccc(CN2CCCO2)c1. The molecule has 2 aromatic carbocycles. The number of benzene rings is 2. The van der Waals surface area contributed by atoms with Crippen LogP contribution in [0.1, 0.15) is 23.1 Å². The van der Waals surface area contributed by atoms with Gasteiger partial charge in [0, 0.05) is 44.8 Å². The number of methoxy groups -OCH3 is 1. The first-order valence-corrected chi connectivity index (χ1v) is 10.2. The average molecular weight is 402 g/mol. The Morgan fingerprint density at radius 2 is 1.86 bits per heavy atom. The summed E-state index contributed by atoms with van der Waals surface area (Å²) >= 11 is 0. The van der Waals surface area contributed by atoms with E-state index in [1.54, 1.807) is 13.2 Å². The molecule has 0 N–H and O–H groups in total. The lowest BCUT2D eigenvalue weighted by molar-refractivity contribution is -0.117. The number of nitrogens with zero attached hydrogens (tertiary/aromatic N) is 3. The van der Waals surface area contributed by atoms with E-state index in [4.69, 9.17) is 9.57 Å². The van der Waals surface area contributed by atoms with E-state index in [0.717, 1.165) is 45.8 Å². The van der Waals surface area contributed by atoms with Crippen molar-refractivity contribution in [2.75, 3.05) is 47.4 Å². The number of hydrogen-bond donors (Lipinski definition) is 0. The number of likely N-dealkylation sites (N-methyl/N-ethyl adjacent to an activating group) is 1. The summed E-state index contributed by atoms with van der Waals surface area (Å²) in [5.74, 6) is 0.374. The lowest BCUT2D eigenvalue weighted by atomic mass is 10.1. The van der Waals surface area contributed by atoms with Crippen molar-refractivity contribution < 1.29 is 14.0 Å². The summed E-state index contributed by atoms with van der Waals surface area (Å²) in [6, 6.07) is 13.6. The number of rotatable bonds is 10. The van der Waals surface area contributed by atoms with E-state index in [1.165, 1.54) is 17.2 Å². The lowest BCUT2D eigenvalue weighted by Crippen LogP contribution is -2.31. The van der Waals surface area contributed by atoms with Gasteiger partial charge in [0.1, 0.15) is 11.6 Å². The second kappa shape index (κ2) is 10.7. The van der Waals surface area contributed by atoms with Crippen LogP contribution in [0, 0.1) is 5.82 Å². The average Bonchev–Trinajstić information content (AvgIpc) is 3.20. The van der Waals surface area contributed by atoms with Gasteiger partial charge in [0.2, 0.25) is 0 Å². The van der Waals surface area contributed by atoms with Gasteiger partial charge < -0.3 is 9.64 Å². The number of hydroxylamine groups is 2. The Morgan fingerprint density at radius 3 is 2.59 bits per heavy atom. The first kappa shape index (κ1) is 21.7. The maximum atomic E-state index is 14.5. The number of hydrogen-bond acceptors (Lipinski definition) is 5. The second-order valence-corrected chi connectivity index (χ2v) is 7.80. The summed E-state index contributed by atoms with van der Waals surface area (Å²) in [7, 11) is 5.70. The normalized spacial score (nSPS) is 14.8. The first-order valence-electron chi connectivity index (χ1n) is 10.2. The molecule has 0 amide bonds. The minimum absolute atomic E-state index is 0.223. The molecule has 0 radical (unpaired) electrons. The third-order valence-electron chi connectivity index (χ3n) is 5.12. The standard InChI is InChI=1S/C23H32FN3O2/c1-25(2)12-13-26(18-21-22(24)9-5-10-23(21)28-3)16-19-7-4-8-20(15-19)17-27-11-6-14-29-27/h4-5,7-10,15H,6,11-14,16-18H2,1-3H3. The van der Waals surface area contributed by atoms with Gasteiger partial charge in [-0.3, -0.25) is 9.74 Å². The Bertz CT molecular complexity index is 778. The molecule has 0 saturated carbocycles. The second-order valence-electron chi connectivity index (χ2n) is 7.80. The molecule has 0 aliphatic carbocycles. The molecule has 1 aliphatic rings. The number of ether oxygens (including phenoxy) is 1. The van der Waals surface area contributed by atoms with Gasteiger partial charge in [-0.15, -0.1) is 0 Å². The highest BCUT2D eigenvalue weighted by Gasteiger charge is 2.16. The van der Waals surface area contributed by atoms with E-state index >= 15 is 0 Å². The molecule has 0 unspecified atom stereocenters. The smallest absolute Gasteiger partial charge is 0.131 e. The van der Waals surface area contributed by atoms with E-state index in [1.807, 2.05) is 11.1 Å². The summed E-state index contributed by atoms with van der Waals surface area (Å²) in [5.41, 5.74) is 3.06. The molecule has 0 spiro atoms. The molecular formula is C23H32FN3O2. The van der Waals surface area contributed by atoms with E-state index < -0.39 is 0 Å².